The van der Waals surface area contributed by atoms with Crippen LogP contribution in [0.2, 0.25) is 0 Å². The van der Waals surface area contributed by atoms with Crippen LogP contribution in [0.15, 0.2) is 36.5 Å². The lowest BCUT2D eigenvalue weighted by Gasteiger charge is -2.07. The lowest BCUT2D eigenvalue weighted by atomic mass is 10.2. The van der Waals surface area contributed by atoms with Gasteiger partial charge in [-0.15, -0.1) is 0 Å². The number of carbonyl (C=O) groups excluding carboxylic acids is 1. The Bertz CT molecular complexity index is 602. The molecule has 0 aliphatic heterocycles. The molecule has 1 amide bonds. The van der Waals surface area contributed by atoms with Gasteiger partial charge in [0.1, 0.15) is 5.75 Å². The number of hydrogen-bond acceptors (Lipinski definition) is 4. The Morgan fingerprint density at radius 3 is 2.78 bits per heavy atom. The van der Waals surface area contributed by atoms with Crippen LogP contribution in [0.5, 0.6) is 11.6 Å². The average Bonchev–Trinajstić information content (AvgIpc) is 2.31. The van der Waals surface area contributed by atoms with Gasteiger partial charge in [-0.25, -0.2) is 4.98 Å². The van der Waals surface area contributed by atoms with Crippen LogP contribution < -0.4 is 16.2 Å². The van der Waals surface area contributed by atoms with Crippen LogP contribution in [-0.2, 0) is 0 Å². The van der Waals surface area contributed by atoms with Crippen LogP contribution in [-0.4, -0.2) is 10.9 Å². The van der Waals surface area contributed by atoms with Crippen LogP contribution in [0, 0.1) is 3.57 Å². The lowest BCUT2D eigenvalue weighted by Crippen LogP contribution is -2.13. The number of amides is 1. The first-order valence-corrected chi connectivity index (χ1v) is 6.13. The Hall–Kier alpha value is -1.83. The van der Waals surface area contributed by atoms with E-state index in [1.165, 1.54) is 12.3 Å². The Balaban J connectivity index is 2.30. The quantitative estimate of drug-likeness (QED) is 0.826. The van der Waals surface area contributed by atoms with Gasteiger partial charge in [0, 0.05) is 9.64 Å². The Morgan fingerprint density at radius 2 is 2.11 bits per heavy atom. The molecular weight excluding hydrogens is 345 g/mol. The molecule has 0 bridgehead atoms. The highest BCUT2D eigenvalue weighted by Gasteiger charge is 2.09. The second kappa shape index (κ2) is 5.21. The smallest absolute Gasteiger partial charge is 0.251 e. The zero-order valence-electron chi connectivity index (χ0n) is 9.26. The van der Waals surface area contributed by atoms with E-state index in [1.54, 1.807) is 6.07 Å². The highest BCUT2D eigenvalue weighted by molar-refractivity contribution is 14.1. The summed E-state index contributed by atoms with van der Waals surface area (Å²) in [5.74, 6) is 0.303. The summed E-state index contributed by atoms with van der Waals surface area (Å²) in [5.41, 5.74) is 11.2. The average molecular weight is 355 g/mol. The van der Waals surface area contributed by atoms with E-state index in [9.17, 15) is 4.79 Å². The van der Waals surface area contributed by atoms with Crippen LogP contribution in [0.4, 0.5) is 5.69 Å². The monoisotopic (exact) mass is 355 g/mol. The Labute approximate surface area is 117 Å². The predicted molar refractivity (Wildman–Crippen MR) is 76.4 cm³/mol. The number of nitrogen functional groups attached to an aromatic ring is 1. The second-order valence-corrected chi connectivity index (χ2v) is 4.78. The van der Waals surface area contributed by atoms with Crippen molar-refractivity contribution >= 4 is 34.2 Å². The molecule has 0 unspecified atom stereocenters. The number of nitrogens with zero attached hydrogens (tertiary/aromatic N) is 1. The highest BCUT2D eigenvalue weighted by atomic mass is 127. The molecule has 1 heterocycles. The summed E-state index contributed by atoms with van der Waals surface area (Å²) in [4.78, 5) is 15.1. The number of benzene rings is 1. The summed E-state index contributed by atoms with van der Waals surface area (Å²) in [6.45, 7) is 0. The molecule has 0 radical (unpaired) electrons. The standard InChI is InChI=1S/C12H10IN3O2/c13-7-2-1-3-8(4-7)18-11-5-9(12(15)17)10(14)6-16-11/h1-6H,14H2,(H2,15,17). The van der Waals surface area contributed by atoms with Gasteiger partial charge in [-0.3, -0.25) is 4.79 Å². The molecule has 92 valence electrons. The summed E-state index contributed by atoms with van der Waals surface area (Å²) in [6, 6.07) is 8.88. The number of halogens is 1. The van der Waals surface area contributed by atoms with Gasteiger partial charge in [0.05, 0.1) is 17.4 Å². The lowest BCUT2D eigenvalue weighted by molar-refractivity contribution is 0.100. The summed E-state index contributed by atoms with van der Waals surface area (Å²) in [6.07, 6.45) is 1.35. The molecule has 0 saturated heterocycles. The van der Waals surface area contributed by atoms with Gasteiger partial charge in [0.15, 0.2) is 0 Å². The molecule has 18 heavy (non-hydrogen) atoms. The van der Waals surface area contributed by atoms with Crippen molar-refractivity contribution in [3.63, 3.8) is 0 Å². The molecule has 1 aromatic carbocycles. The highest BCUT2D eigenvalue weighted by Crippen LogP contribution is 2.23. The Kier molecular flexibility index (Phi) is 3.66. The number of ether oxygens (including phenoxy) is 1. The van der Waals surface area contributed by atoms with Crippen molar-refractivity contribution in [1.82, 2.24) is 4.98 Å². The maximum absolute atomic E-state index is 11.1. The number of rotatable bonds is 3. The molecule has 0 aliphatic rings. The molecule has 6 heteroatoms. The fraction of sp³-hybridized carbons (Fsp3) is 0. The van der Waals surface area contributed by atoms with Gasteiger partial charge >= 0.3 is 0 Å². The maximum atomic E-state index is 11.1. The van der Waals surface area contributed by atoms with Crippen molar-refractivity contribution in [3.05, 3.63) is 45.7 Å². The van der Waals surface area contributed by atoms with E-state index in [0.717, 1.165) is 3.57 Å². The number of anilines is 1. The van der Waals surface area contributed by atoms with Crippen molar-refractivity contribution in [3.8, 4) is 11.6 Å². The topological polar surface area (TPSA) is 91.2 Å². The van der Waals surface area contributed by atoms with Crippen LogP contribution in [0.25, 0.3) is 0 Å². The number of carbonyl (C=O) groups is 1. The van der Waals surface area contributed by atoms with Gasteiger partial charge < -0.3 is 16.2 Å². The van der Waals surface area contributed by atoms with E-state index in [-0.39, 0.29) is 17.1 Å². The maximum Gasteiger partial charge on any atom is 0.251 e. The van der Waals surface area contributed by atoms with Crippen molar-refractivity contribution in [2.45, 2.75) is 0 Å². The first kappa shape index (κ1) is 12.6. The van der Waals surface area contributed by atoms with Gasteiger partial charge in [0.25, 0.3) is 5.91 Å². The van der Waals surface area contributed by atoms with E-state index in [2.05, 4.69) is 27.6 Å². The van der Waals surface area contributed by atoms with Crippen LogP contribution >= 0.6 is 22.6 Å². The fourth-order valence-electron chi connectivity index (χ4n) is 1.37. The first-order chi connectivity index (χ1) is 8.56. The summed E-state index contributed by atoms with van der Waals surface area (Å²) in [5, 5.41) is 0. The minimum atomic E-state index is -0.609. The summed E-state index contributed by atoms with van der Waals surface area (Å²) >= 11 is 2.18. The van der Waals surface area contributed by atoms with Gasteiger partial charge in [-0.05, 0) is 40.8 Å². The minimum absolute atomic E-state index is 0.200. The molecule has 0 saturated carbocycles. The van der Waals surface area contributed by atoms with Gasteiger partial charge in [-0.2, -0.15) is 0 Å². The number of aromatic nitrogens is 1. The number of nitrogens with two attached hydrogens (primary N) is 2. The zero-order chi connectivity index (χ0) is 13.1. The predicted octanol–water partition coefficient (Wildman–Crippen LogP) is 2.16. The SMILES string of the molecule is NC(=O)c1cc(Oc2cccc(I)c2)ncc1N. The van der Waals surface area contributed by atoms with E-state index in [1.807, 2.05) is 18.2 Å². The van der Waals surface area contributed by atoms with E-state index in [4.69, 9.17) is 16.2 Å². The molecule has 2 aromatic rings. The third-order valence-electron chi connectivity index (χ3n) is 2.19. The second-order valence-electron chi connectivity index (χ2n) is 3.53. The third kappa shape index (κ3) is 2.89. The molecular formula is C12H10IN3O2. The fourth-order valence-corrected chi connectivity index (χ4v) is 1.88. The third-order valence-corrected chi connectivity index (χ3v) is 2.86. The zero-order valence-corrected chi connectivity index (χ0v) is 11.4. The normalized spacial score (nSPS) is 10.1. The van der Waals surface area contributed by atoms with Crippen molar-refractivity contribution in [1.29, 1.82) is 0 Å². The molecule has 1 aromatic heterocycles. The Morgan fingerprint density at radius 1 is 1.33 bits per heavy atom. The molecule has 0 fully saturated rings. The molecule has 5 nitrogen and oxygen atoms in total. The van der Waals surface area contributed by atoms with Crippen molar-refractivity contribution < 1.29 is 9.53 Å². The molecule has 2 rings (SSSR count). The van der Waals surface area contributed by atoms with Gasteiger partial charge in [-0.1, -0.05) is 6.07 Å². The molecule has 0 aliphatic carbocycles. The number of hydrogen-bond donors (Lipinski definition) is 2. The van der Waals surface area contributed by atoms with E-state index < -0.39 is 5.91 Å². The van der Waals surface area contributed by atoms with Crippen LogP contribution in [0.1, 0.15) is 10.4 Å². The summed E-state index contributed by atoms with van der Waals surface area (Å²) < 4.78 is 6.56. The summed E-state index contributed by atoms with van der Waals surface area (Å²) in [7, 11) is 0. The molecule has 4 N–H and O–H groups in total. The van der Waals surface area contributed by atoms with E-state index in [0.29, 0.717) is 5.75 Å². The van der Waals surface area contributed by atoms with E-state index >= 15 is 0 Å². The number of pyridine rings is 1. The first-order valence-electron chi connectivity index (χ1n) is 5.05. The largest absolute Gasteiger partial charge is 0.439 e. The number of primary amides is 1. The molecule has 0 spiro atoms. The molecule has 0 atom stereocenters. The van der Waals surface area contributed by atoms with Crippen molar-refractivity contribution in [2.24, 2.45) is 5.73 Å². The van der Waals surface area contributed by atoms with Gasteiger partial charge in [0.2, 0.25) is 5.88 Å². The van der Waals surface area contributed by atoms with Crippen LogP contribution in [0.3, 0.4) is 0 Å². The van der Waals surface area contributed by atoms with Crippen molar-refractivity contribution in [2.75, 3.05) is 5.73 Å². The minimum Gasteiger partial charge on any atom is -0.439 e.